The number of hydrogen-bond donors (Lipinski definition) is 0. The first-order valence-electron chi connectivity index (χ1n) is 7.43. The smallest absolute Gasteiger partial charge is 0.410 e. The molecule has 0 atom stereocenters. The van der Waals surface area contributed by atoms with Gasteiger partial charge >= 0.3 is 6.09 Å². The molecule has 0 spiro atoms. The van der Waals surface area contributed by atoms with Gasteiger partial charge in [0.15, 0.2) is 0 Å². The minimum atomic E-state index is -1.05. The molecule has 0 unspecified atom stereocenters. The molecule has 1 aromatic rings. The molecule has 21 heavy (non-hydrogen) atoms. The Balaban J connectivity index is 1.85. The molecule has 1 aromatic heterocycles. The molecule has 118 valence electrons. The van der Waals surface area contributed by atoms with Crippen molar-refractivity contribution in [1.82, 2.24) is 14.5 Å². The van der Waals surface area contributed by atoms with Crippen LogP contribution in [0.5, 0.6) is 0 Å². The van der Waals surface area contributed by atoms with Crippen LogP contribution in [0.2, 0.25) is 25.7 Å². The maximum absolute atomic E-state index is 11.7. The summed E-state index contributed by atoms with van der Waals surface area (Å²) in [5, 5.41) is 0. The molecule has 0 fully saturated rings. The molecule has 0 N–H and O–H groups in total. The Hall–Kier alpha value is -1.34. The van der Waals surface area contributed by atoms with Gasteiger partial charge in [0.25, 0.3) is 0 Å². The summed E-state index contributed by atoms with van der Waals surface area (Å²) in [7, 11) is -1.05. The molecule has 2 heterocycles. The fraction of sp³-hybridized carbons (Fsp3) is 0.714. The van der Waals surface area contributed by atoms with Crippen molar-refractivity contribution < 1.29 is 14.3 Å². The van der Waals surface area contributed by atoms with Crippen molar-refractivity contribution in [3.05, 3.63) is 17.7 Å². The van der Waals surface area contributed by atoms with Gasteiger partial charge in [-0.2, -0.15) is 0 Å². The molecule has 1 aliphatic heterocycles. The number of fused-ring (bicyclic) bond motifs is 1. The third-order valence-corrected chi connectivity index (χ3v) is 5.17. The van der Waals surface area contributed by atoms with Crippen LogP contribution in [-0.4, -0.2) is 41.8 Å². The normalized spacial score (nSPS) is 14.4. The van der Waals surface area contributed by atoms with Crippen molar-refractivity contribution in [1.29, 1.82) is 0 Å². The average molecular weight is 311 g/mol. The van der Waals surface area contributed by atoms with E-state index in [2.05, 4.69) is 24.6 Å². The Labute approximate surface area is 127 Å². The third-order valence-electron chi connectivity index (χ3n) is 3.47. The topological polar surface area (TPSA) is 56.6 Å². The summed E-state index contributed by atoms with van der Waals surface area (Å²) in [5.74, 6) is 0. The number of amides is 1. The van der Waals surface area contributed by atoms with Crippen molar-refractivity contribution in [2.45, 2.75) is 52.4 Å². The van der Waals surface area contributed by atoms with Crippen LogP contribution in [0.3, 0.4) is 0 Å². The highest BCUT2D eigenvalue weighted by Gasteiger charge is 2.28. The summed E-state index contributed by atoms with van der Waals surface area (Å²) in [6.45, 7) is 11.6. The SMILES string of the molecule is CCOC(=O)N1Cc2ncn(COCC[Si](C)(C)C)c2C1. The lowest BCUT2D eigenvalue weighted by Crippen LogP contribution is -2.27. The highest BCUT2D eigenvalue weighted by molar-refractivity contribution is 6.76. The molecule has 0 aliphatic carbocycles. The van der Waals surface area contributed by atoms with Crippen molar-refractivity contribution >= 4 is 14.2 Å². The van der Waals surface area contributed by atoms with Crippen LogP contribution < -0.4 is 0 Å². The first-order valence-corrected chi connectivity index (χ1v) is 11.1. The van der Waals surface area contributed by atoms with Crippen molar-refractivity contribution in [2.75, 3.05) is 13.2 Å². The fourth-order valence-corrected chi connectivity index (χ4v) is 2.93. The second-order valence-electron chi connectivity index (χ2n) is 6.51. The van der Waals surface area contributed by atoms with E-state index in [0.29, 0.717) is 26.4 Å². The van der Waals surface area contributed by atoms with Crippen molar-refractivity contribution in [3.63, 3.8) is 0 Å². The molecule has 2 rings (SSSR count). The zero-order valence-electron chi connectivity index (χ0n) is 13.4. The van der Waals surface area contributed by atoms with E-state index >= 15 is 0 Å². The van der Waals surface area contributed by atoms with Gasteiger partial charge in [0.1, 0.15) is 6.73 Å². The number of imidazole rings is 1. The first-order chi connectivity index (χ1) is 9.90. The molecule has 0 bridgehead atoms. The average Bonchev–Trinajstić information content (AvgIpc) is 2.94. The lowest BCUT2D eigenvalue weighted by Gasteiger charge is -2.17. The molecule has 0 radical (unpaired) electrons. The number of nitrogens with zero attached hydrogens (tertiary/aromatic N) is 3. The lowest BCUT2D eigenvalue weighted by atomic mass is 10.4. The van der Waals surface area contributed by atoms with Crippen LogP contribution in [0.15, 0.2) is 6.33 Å². The zero-order chi connectivity index (χ0) is 15.5. The van der Waals surface area contributed by atoms with Gasteiger partial charge in [0, 0.05) is 14.7 Å². The number of carbonyl (C=O) groups excluding carboxylic acids is 1. The molecule has 1 aliphatic rings. The van der Waals surface area contributed by atoms with E-state index in [1.807, 2.05) is 11.5 Å². The van der Waals surface area contributed by atoms with Crippen LogP contribution >= 0.6 is 0 Å². The van der Waals surface area contributed by atoms with Gasteiger partial charge in [-0.15, -0.1) is 0 Å². The van der Waals surface area contributed by atoms with Crippen LogP contribution in [0.25, 0.3) is 0 Å². The predicted molar refractivity (Wildman–Crippen MR) is 82.6 cm³/mol. The monoisotopic (exact) mass is 311 g/mol. The van der Waals surface area contributed by atoms with E-state index < -0.39 is 8.07 Å². The number of carbonyl (C=O) groups is 1. The van der Waals surface area contributed by atoms with Gasteiger partial charge in [0.2, 0.25) is 0 Å². The number of hydrogen-bond acceptors (Lipinski definition) is 4. The lowest BCUT2D eigenvalue weighted by molar-refractivity contribution is 0.0820. The van der Waals surface area contributed by atoms with E-state index in [-0.39, 0.29) is 6.09 Å². The number of aromatic nitrogens is 2. The fourth-order valence-electron chi connectivity index (χ4n) is 2.18. The second-order valence-corrected chi connectivity index (χ2v) is 12.1. The Bertz CT molecular complexity index is 496. The summed E-state index contributed by atoms with van der Waals surface area (Å²) < 4.78 is 12.8. The highest BCUT2D eigenvalue weighted by Crippen LogP contribution is 2.22. The molecule has 7 heteroatoms. The van der Waals surface area contributed by atoms with Gasteiger partial charge in [0.05, 0.1) is 37.4 Å². The van der Waals surface area contributed by atoms with E-state index in [9.17, 15) is 4.79 Å². The van der Waals surface area contributed by atoms with Crippen molar-refractivity contribution in [2.24, 2.45) is 0 Å². The Morgan fingerprint density at radius 1 is 1.38 bits per heavy atom. The van der Waals surface area contributed by atoms with Gasteiger partial charge in [-0.3, -0.25) is 4.90 Å². The van der Waals surface area contributed by atoms with Crippen LogP contribution in [0.1, 0.15) is 18.3 Å². The van der Waals surface area contributed by atoms with Crippen LogP contribution in [0.4, 0.5) is 4.79 Å². The maximum atomic E-state index is 11.7. The first kappa shape index (κ1) is 16.0. The molecule has 1 amide bonds. The molecule has 0 saturated heterocycles. The maximum Gasteiger partial charge on any atom is 0.410 e. The Kier molecular flexibility index (Phi) is 5.05. The van der Waals surface area contributed by atoms with E-state index in [1.54, 1.807) is 11.2 Å². The van der Waals surface area contributed by atoms with Gasteiger partial charge in [-0.25, -0.2) is 9.78 Å². The quantitative estimate of drug-likeness (QED) is 0.599. The number of ether oxygens (including phenoxy) is 2. The van der Waals surface area contributed by atoms with E-state index in [0.717, 1.165) is 24.0 Å². The van der Waals surface area contributed by atoms with Gasteiger partial charge in [-0.05, 0) is 13.0 Å². The summed E-state index contributed by atoms with van der Waals surface area (Å²) in [6.07, 6.45) is 1.52. The second kappa shape index (κ2) is 6.61. The summed E-state index contributed by atoms with van der Waals surface area (Å²) in [6, 6.07) is 1.15. The van der Waals surface area contributed by atoms with Crippen LogP contribution in [-0.2, 0) is 29.3 Å². The third kappa shape index (κ3) is 4.31. The van der Waals surface area contributed by atoms with E-state index in [1.165, 1.54) is 0 Å². The number of rotatable bonds is 6. The molecule has 0 aromatic carbocycles. The van der Waals surface area contributed by atoms with E-state index in [4.69, 9.17) is 9.47 Å². The zero-order valence-corrected chi connectivity index (χ0v) is 14.4. The molecule has 6 nitrogen and oxygen atoms in total. The van der Waals surface area contributed by atoms with Crippen LogP contribution in [0, 0.1) is 0 Å². The molecule has 0 saturated carbocycles. The summed E-state index contributed by atoms with van der Waals surface area (Å²) >= 11 is 0. The van der Waals surface area contributed by atoms with Crippen molar-refractivity contribution in [3.8, 4) is 0 Å². The largest absolute Gasteiger partial charge is 0.450 e. The Morgan fingerprint density at radius 2 is 2.14 bits per heavy atom. The highest BCUT2D eigenvalue weighted by atomic mass is 28.3. The van der Waals surface area contributed by atoms with Gasteiger partial charge < -0.3 is 14.0 Å². The summed E-state index contributed by atoms with van der Waals surface area (Å²) in [4.78, 5) is 17.8. The Morgan fingerprint density at radius 3 is 2.81 bits per heavy atom. The van der Waals surface area contributed by atoms with Gasteiger partial charge in [-0.1, -0.05) is 19.6 Å². The predicted octanol–water partition coefficient (Wildman–Crippen LogP) is 2.67. The minimum Gasteiger partial charge on any atom is -0.450 e. The summed E-state index contributed by atoms with van der Waals surface area (Å²) in [5.41, 5.74) is 1.99. The molecular formula is C14H25N3O3Si. The molecular weight excluding hydrogens is 286 g/mol. The standard InChI is InChI=1S/C14H25N3O3Si/c1-5-20-14(18)16-8-12-13(9-16)17(10-15-12)11-19-6-7-21(2,3)4/h10H,5-9,11H2,1-4H3. The minimum absolute atomic E-state index is 0.276.